The highest BCUT2D eigenvalue weighted by Crippen LogP contribution is 2.25. The minimum absolute atomic E-state index is 0.0295. The van der Waals surface area contributed by atoms with Gasteiger partial charge in [0.2, 0.25) is 0 Å². The first-order valence-corrected chi connectivity index (χ1v) is 3.62. The topological polar surface area (TPSA) is 61.8 Å². The molecule has 0 saturated heterocycles. The molecule has 0 radical (unpaired) electrons. The van der Waals surface area contributed by atoms with Crippen molar-refractivity contribution < 1.29 is 9.50 Å². The van der Waals surface area contributed by atoms with Crippen molar-refractivity contribution in [3.63, 3.8) is 0 Å². The van der Waals surface area contributed by atoms with Crippen LogP contribution in [0.4, 0.5) is 4.39 Å². The minimum Gasteiger partial charge on any atom is -0.507 e. The van der Waals surface area contributed by atoms with Gasteiger partial charge in [-0.15, -0.1) is 10.2 Å². The first-order valence-electron chi connectivity index (χ1n) is 3.62. The molecule has 0 unspecified atom stereocenters. The molecular formula is C8H6FN3O. The largest absolute Gasteiger partial charge is 0.507 e. The number of rotatable bonds is 1. The van der Waals surface area contributed by atoms with Crippen LogP contribution in [0.2, 0.25) is 0 Å². The summed E-state index contributed by atoms with van der Waals surface area (Å²) < 4.78 is 12.8. The van der Waals surface area contributed by atoms with Crippen molar-refractivity contribution in [3.05, 3.63) is 30.3 Å². The van der Waals surface area contributed by atoms with Crippen LogP contribution in [0.3, 0.4) is 0 Å². The SMILES string of the molecule is Oc1ccc(F)cc1-c1nnc[nH]1. The number of phenolic OH excluding ortho intramolecular Hbond substituents is 1. The number of phenols is 1. The number of benzene rings is 1. The number of aromatic amines is 1. The van der Waals surface area contributed by atoms with Crippen LogP contribution in [0.25, 0.3) is 11.4 Å². The van der Waals surface area contributed by atoms with Crippen LogP contribution < -0.4 is 0 Å². The van der Waals surface area contributed by atoms with E-state index >= 15 is 0 Å². The number of hydrogen-bond donors (Lipinski definition) is 2. The molecule has 0 atom stereocenters. The first-order chi connectivity index (χ1) is 6.27. The molecule has 2 N–H and O–H groups in total. The Balaban J connectivity index is 2.57. The maximum atomic E-state index is 12.8. The molecule has 0 aliphatic rings. The molecule has 0 spiro atoms. The van der Waals surface area contributed by atoms with Gasteiger partial charge in [-0.05, 0) is 18.2 Å². The van der Waals surface area contributed by atoms with E-state index in [0.29, 0.717) is 11.4 Å². The number of hydrogen-bond acceptors (Lipinski definition) is 3. The lowest BCUT2D eigenvalue weighted by atomic mass is 10.2. The molecular weight excluding hydrogens is 173 g/mol. The number of aromatic hydroxyl groups is 1. The summed E-state index contributed by atoms with van der Waals surface area (Å²) in [6, 6.07) is 3.64. The van der Waals surface area contributed by atoms with E-state index in [1.807, 2.05) is 0 Å². The van der Waals surface area contributed by atoms with Crippen LogP contribution in [-0.2, 0) is 0 Å². The fourth-order valence-electron chi connectivity index (χ4n) is 1.04. The zero-order chi connectivity index (χ0) is 9.26. The second-order valence-corrected chi connectivity index (χ2v) is 2.50. The van der Waals surface area contributed by atoms with Crippen molar-refractivity contribution >= 4 is 0 Å². The van der Waals surface area contributed by atoms with Crippen LogP contribution in [-0.4, -0.2) is 20.3 Å². The van der Waals surface area contributed by atoms with Gasteiger partial charge in [0.1, 0.15) is 17.9 Å². The van der Waals surface area contributed by atoms with Crippen molar-refractivity contribution in [2.45, 2.75) is 0 Å². The van der Waals surface area contributed by atoms with Gasteiger partial charge in [-0.2, -0.15) is 0 Å². The summed E-state index contributed by atoms with van der Waals surface area (Å²) in [5, 5.41) is 16.5. The van der Waals surface area contributed by atoms with Crippen LogP contribution in [0, 0.1) is 5.82 Å². The lowest BCUT2D eigenvalue weighted by molar-refractivity contribution is 0.475. The molecule has 0 fully saturated rings. The summed E-state index contributed by atoms with van der Waals surface area (Å²) in [6.45, 7) is 0. The molecule has 0 saturated carbocycles. The molecule has 5 heteroatoms. The van der Waals surface area contributed by atoms with Gasteiger partial charge in [0.25, 0.3) is 0 Å². The Morgan fingerprint density at radius 1 is 1.38 bits per heavy atom. The van der Waals surface area contributed by atoms with E-state index < -0.39 is 5.82 Å². The van der Waals surface area contributed by atoms with E-state index in [1.165, 1.54) is 24.5 Å². The minimum atomic E-state index is -0.427. The maximum absolute atomic E-state index is 12.8. The predicted octanol–water partition coefficient (Wildman–Crippen LogP) is 1.32. The normalized spacial score (nSPS) is 10.2. The second-order valence-electron chi connectivity index (χ2n) is 2.50. The average molecular weight is 179 g/mol. The van der Waals surface area contributed by atoms with Crippen LogP contribution in [0.5, 0.6) is 5.75 Å². The van der Waals surface area contributed by atoms with Crippen molar-refractivity contribution in [3.8, 4) is 17.1 Å². The zero-order valence-corrected chi connectivity index (χ0v) is 6.53. The molecule has 0 bridgehead atoms. The summed E-state index contributed by atoms with van der Waals surface area (Å²) in [6.07, 6.45) is 1.36. The molecule has 1 heterocycles. The molecule has 13 heavy (non-hydrogen) atoms. The van der Waals surface area contributed by atoms with Gasteiger partial charge < -0.3 is 10.1 Å². The molecule has 4 nitrogen and oxygen atoms in total. The summed E-state index contributed by atoms with van der Waals surface area (Å²) in [5.41, 5.74) is 0.303. The van der Waals surface area contributed by atoms with Crippen molar-refractivity contribution in [1.29, 1.82) is 0 Å². The molecule has 2 rings (SSSR count). The number of H-pyrrole nitrogens is 1. The highest BCUT2D eigenvalue weighted by molar-refractivity contribution is 5.62. The van der Waals surface area contributed by atoms with Crippen molar-refractivity contribution in [2.24, 2.45) is 0 Å². The Morgan fingerprint density at radius 2 is 2.23 bits per heavy atom. The molecule has 0 aliphatic heterocycles. The quantitative estimate of drug-likeness (QED) is 0.693. The van der Waals surface area contributed by atoms with Crippen LogP contribution in [0.1, 0.15) is 0 Å². The monoisotopic (exact) mass is 179 g/mol. The third-order valence-corrected chi connectivity index (χ3v) is 1.63. The summed E-state index contributed by atoms with van der Waals surface area (Å²) in [7, 11) is 0. The lowest BCUT2D eigenvalue weighted by Gasteiger charge is -1.99. The van der Waals surface area contributed by atoms with Gasteiger partial charge in [-0.1, -0.05) is 0 Å². The van der Waals surface area contributed by atoms with Crippen molar-refractivity contribution in [2.75, 3.05) is 0 Å². The van der Waals surface area contributed by atoms with E-state index in [0.717, 1.165) is 0 Å². The number of halogens is 1. The average Bonchev–Trinajstić information content (AvgIpc) is 2.61. The van der Waals surface area contributed by atoms with Gasteiger partial charge in [0.05, 0.1) is 5.56 Å². The van der Waals surface area contributed by atoms with Gasteiger partial charge in [-0.3, -0.25) is 0 Å². The Morgan fingerprint density at radius 3 is 2.92 bits per heavy atom. The lowest BCUT2D eigenvalue weighted by Crippen LogP contribution is -1.83. The van der Waals surface area contributed by atoms with Gasteiger partial charge in [-0.25, -0.2) is 4.39 Å². The van der Waals surface area contributed by atoms with Gasteiger partial charge in [0.15, 0.2) is 5.82 Å². The van der Waals surface area contributed by atoms with Crippen LogP contribution in [0.15, 0.2) is 24.5 Å². The summed E-state index contributed by atoms with van der Waals surface area (Å²) >= 11 is 0. The number of nitrogens with zero attached hydrogens (tertiary/aromatic N) is 2. The Kier molecular flexibility index (Phi) is 1.70. The third kappa shape index (κ3) is 1.35. The van der Waals surface area contributed by atoms with Crippen LogP contribution >= 0.6 is 0 Å². The van der Waals surface area contributed by atoms with E-state index in [1.54, 1.807) is 0 Å². The fourth-order valence-corrected chi connectivity index (χ4v) is 1.04. The highest BCUT2D eigenvalue weighted by atomic mass is 19.1. The molecule has 1 aromatic heterocycles. The Bertz CT molecular complexity index is 413. The van der Waals surface area contributed by atoms with Gasteiger partial charge in [0, 0.05) is 0 Å². The molecule has 0 amide bonds. The number of aromatic nitrogens is 3. The summed E-state index contributed by atoms with van der Waals surface area (Å²) in [4.78, 5) is 2.67. The highest BCUT2D eigenvalue weighted by Gasteiger charge is 2.07. The number of nitrogens with one attached hydrogen (secondary N) is 1. The van der Waals surface area contributed by atoms with E-state index in [2.05, 4.69) is 15.2 Å². The smallest absolute Gasteiger partial charge is 0.164 e. The molecule has 2 aromatic rings. The molecule has 0 aliphatic carbocycles. The van der Waals surface area contributed by atoms with E-state index in [9.17, 15) is 9.50 Å². The zero-order valence-electron chi connectivity index (χ0n) is 6.53. The van der Waals surface area contributed by atoms with E-state index in [-0.39, 0.29) is 5.75 Å². The summed E-state index contributed by atoms with van der Waals surface area (Å²) in [5.74, 6) is -0.112. The molecule has 1 aromatic carbocycles. The molecule has 66 valence electrons. The Hall–Kier alpha value is -1.91. The first kappa shape index (κ1) is 7.72. The third-order valence-electron chi connectivity index (χ3n) is 1.63. The fraction of sp³-hybridized carbons (Fsp3) is 0. The standard InChI is InChI=1S/C8H6FN3O/c9-5-1-2-7(13)6(3-5)8-10-4-11-12-8/h1-4,13H,(H,10,11,12). The maximum Gasteiger partial charge on any atom is 0.164 e. The van der Waals surface area contributed by atoms with E-state index in [4.69, 9.17) is 0 Å². The van der Waals surface area contributed by atoms with Crippen molar-refractivity contribution in [1.82, 2.24) is 15.2 Å². The Labute approximate surface area is 73.1 Å². The predicted molar refractivity (Wildman–Crippen MR) is 43.4 cm³/mol. The van der Waals surface area contributed by atoms with Gasteiger partial charge >= 0.3 is 0 Å². The second kappa shape index (κ2) is 2.85.